The highest BCUT2D eigenvalue weighted by Gasteiger charge is 2.24. The predicted molar refractivity (Wildman–Crippen MR) is 95.7 cm³/mol. The summed E-state index contributed by atoms with van der Waals surface area (Å²) in [5, 5.41) is 0. The van der Waals surface area contributed by atoms with Gasteiger partial charge in [0.1, 0.15) is 5.75 Å². The third kappa shape index (κ3) is 5.79. The van der Waals surface area contributed by atoms with E-state index < -0.39 is 0 Å². The third-order valence-electron chi connectivity index (χ3n) is 3.97. The van der Waals surface area contributed by atoms with Crippen LogP contribution in [0.4, 0.5) is 0 Å². The van der Waals surface area contributed by atoms with Crippen molar-refractivity contribution in [2.75, 3.05) is 32.8 Å². The molecule has 1 fully saturated rings. The lowest BCUT2D eigenvalue weighted by molar-refractivity contribution is -0.140. The van der Waals surface area contributed by atoms with E-state index in [0.717, 1.165) is 4.47 Å². The van der Waals surface area contributed by atoms with Crippen LogP contribution in [0.25, 0.3) is 0 Å². The van der Waals surface area contributed by atoms with Crippen LogP contribution in [0.5, 0.6) is 5.75 Å². The fraction of sp³-hybridized carbons (Fsp3) is 0.529. The molecule has 2 rings (SSSR count). The lowest BCUT2D eigenvalue weighted by Crippen LogP contribution is -2.51. The number of carbonyl (C=O) groups excluding carboxylic acids is 2. The smallest absolute Gasteiger partial charge is 0.260 e. The molecule has 1 aromatic carbocycles. The van der Waals surface area contributed by atoms with Gasteiger partial charge < -0.3 is 20.3 Å². The normalized spacial score (nSPS) is 16.0. The minimum Gasteiger partial charge on any atom is -0.484 e. The molecule has 0 spiro atoms. The number of hydrogen-bond donors (Lipinski definition) is 1. The average Bonchev–Trinajstić information content (AvgIpc) is 2.59. The minimum atomic E-state index is -0.0550. The predicted octanol–water partition coefficient (Wildman–Crippen LogP) is 1.63. The Kier molecular flexibility index (Phi) is 7.05. The second-order valence-corrected chi connectivity index (χ2v) is 6.94. The van der Waals surface area contributed by atoms with Gasteiger partial charge in [-0.15, -0.1) is 0 Å². The summed E-state index contributed by atoms with van der Waals surface area (Å²) in [5.74, 6) is 0.724. The van der Waals surface area contributed by atoms with Crippen LogP contribution in [0.2, 0.25) is 0 Å². The molecule has 2 amide bonds. The number of benzene rings is 1. The fourth-order valence-corrected chi connectivity index (χ4v) is 2.75. The Morgan fingerprint density at radius 3 is 2.21 bits per heavy atom. The van der Waals surface area contributed by atoms with Gasteiger partial charge in [0, 0.05) is 43.1 Å². The van der Waals surface area contributed by atoms with Crippen LogP contribution in [0.15, 0.2) is 28.7 Å². The molecule has 1 aliphatic heterocycles. The molecule has 1 aliphatic rings. The van der Waals surface area contributed by atoms with E-state index in [4.69, 9.17) is 10.5 Å². The summed E-state index contributed by atoms with van der Waals surface area (Å²) in [6.45, 7) is 4.15. The number of halogens is 1. The van der Waals surface area contributed by atoms with Crippen molar-refractivity contribution in [3.05, 3.63) is 28.7 Å². The maximum absolute atomic E-state index is 12.2. The maximum Gasteiger partial charge on any atom is 0.260 e. The molecule has 1 heterocycles. The average molecular weight is 398 g/mol. The molecule has 1 unspecified atom stereocenters. The van der Waals surface area contributed by atoms with Crippen LogP contribution in [0.1, 0.15) is 19.8 Å². The number of hydrogen-bond acceptors (Lipinski definition) is 4. The van der Waals surface area contributed by atoms with Crippen LogP contribution in [0, 0.1) is 0 Å². The van der Waals surface area contributed by atoms with Crippen molar-refractivity contribution in [2.24, 2.45) is 5.73 Å². The number of piperazine rings is 1. The van der Waals surface area contributed by atoms with E-state index in [1.807, 2.05) is 36.1 Å². The summed E-state index contributed by atoms with van der Waals surface area (Å²) < 4.78 is 6.47. The summed E-state index contributed by atoms with van der Waals surface area (Å²) in [5.41, 5.74) is 5.68. The largest absolute Gasteiger partial charge is 0.484 e. The highest BCUT2D eigenvalue weighted by atomic mass is 79.9. The van der Waals surface area contributed by atoms with Crippen molar-refractivity contribution >= 4 is 27.7 Å². The first-order chi connectivity index (χ1) is 11.5. The topological polar surface area (TPSA) is 75.9 Å². The van der Waals surface area contributed by atoms with Gasteiger partial charge in [-0.1, -0.05) is 15.9 Å². The van der Waals surface area contributed by atoms with Gasteiger partial charge in [0.15, 0.2) is 6.61 Å². The summed E-state index contributed by atoms with van der Waals surface area (Å²) >= 11 is 3.35. The van der Waals surface area contributed by atoms with E-state index in [1.165, 1.54) is 0 Å². The molecule has 7 heteroatoms. The number of nitrogens with zero attached hydrogens (tertiary/aromatic N) is 2. The van der Waals surface area contributed by atoms with Gasteiger partial charge in [0.2, 0.25) is 5.91 Å². The van der Waals surface area contributed by atoms with Crippen LogP contribution >= 0.6 is 15.9 Å². The van der Waals surface area contributed by atoms with E-state index in [1.54, 1.807) is 4.90 Å². The van der Waals surface area contributed by atoms with Crippen molar-refractivity contribution in [1.29, 1.82) is 0 Å². The van der Waals surface area contributed by atoms with E-state index in [9.17, 15) is 9.59 Å². The molecule has 0 saturated carbocycles. The first-order valence-corrected chi connectivity index (χ1v) is 8.94. The molecule has 0 radical (unpaired) electrons. The number of amides is 2. The van der Waals surface area contributed by atoms with Gasteiger partial charge in [-0.25, -0.2) is 0 Å². The Morgan fingerprint density at radius 1 is 1.12 bits per heavy atom. The zero-order chi connectivity index (χ0) is 17.5. The van der Waals surface area contributed by atoms with Crippen LogP contribution < -0.4 is 10.5 Å². The maximum atomic E-state index is 12.2. The SMILES string of the molecule is CC(N)CCC(=O)N1CCN(C(=O)COc2ccc(Br)cc2)CC1. The van der Waals surface area contributed by atoms with Crippen molar-refractivity contribution in [3.63, 3.8) is 0 Å². The molecular formula is C17H24BrN3O3. The molecule has 0 aromatic heterocycles. The molecular weight excluding hydrogens is 374 g/mol. The Bertz CT molecular complexity index is 555. The van der Waals surface area contributed by atoms with Crippen LogP contribution in [-0.2, 0) is 9.59 Å². The second kappa shape index (κ2) is 9.03. The third-order valence-corrected chi connectivity index (χ3v) is 4.50. The number of ether oxygens (including phenoxy) is 1. The summed E-state index contributed by atoms with van der Waals surface area (Å²) in [7, 11) is 0. The molecule has 1 saturated heterocycles. The fourth-order valence-electron chi connectivity index (χ4n) is 2.48. The number of nitrogens with two attached hydrogens (primary N) is 1. The van der Waals surface area contributed by atoms with Gasteiger partial charge in [-0.3, -0.25) is 9.59 Å². The molecule has 1 aromatic rings. The molecule has 24 heavy (non-hydrogen) atoms. The highest BCUT2D eigenvalue weighted by Crippen LogP contribution is 2.16. The van der Waals surface area contributed by atoms with Crippen molar-refractivity contribution in [3.8, 4) is 5.75 Å². The first-order valence-electron chi connectivity index (χ1n) is 8.15. The van der Waals surface area contributed by atoms with Crippen molar-refractivity contribution in [1.82, 2.24) is 9.80 Å². The van der Waals surface area contributed by atoms with Gasteiger partial charge in [-0.2, -0.15) is 0 Å². The van der Waals surface area contributed by atoms with Crippen LogP contribution in [0.3, 0.4) is 0 Å². The Morgan fingerprint density at radius 2 is 1.67 bits per heavy atom. The van der Waals surface area contributed by atoms with Gasteiger partial charge >= 0.3 is 0 Å². The molecule has 2 N–H and O–H groups in total. The molecule has 6 nitrogen and oxygen atoms in total. The van der Waals surface area contributed by atoms with Gasteiger partial charge in [-0.05, 0) is 37.6 Å². The highest BCUT2D eigenvalue weighted by molar-refractivity contribution is 9.10. The monoisotopic (exact) mass is 397 g/mol. The van der Waals surface area contributed by atoms with E-state index in [0.29, 0.717) is 44.8 Å². The van der Waals surface area contributed by atoms with Crippen molar-refractivity contribution < 1.29 is 14.3 Å². The zero-order valence-electron chi connectivity index (χ0n) is 13.9. The zero-order valence-corrected chi connectivity index (χ0v) is 15.5. The quantitative estimate of drug-likeness (QED) is 0.791. The summed E-state index contributed by atoms with van der Waals surface area (Å²) in [6.07, 6.45) is 1.16. The van der Waals surface area contributed by atoms with E-state index in [2.05, 4.69) is 15.9 Å². The number of rotatable bonds is 6. The molecule has 0 bridgehead atoms. The Labute approximate surface area is 151 Å². The first kappa shape index (κ1) is 18.7. The number of carbonyl (C=O) groups is 2. The van der Waals surface area contributed by atoms with E-state index >= 15 is 0 Å². The van der Waals surface area contributed by atoms with E-state index in [-0.39, 0.29) is 24.5 Å². The van der Waals surface area contributed by atoms with Crippen LogP contribution in [-0.4, -0.2) is 60.4 Å². The molecule has 132 valence electrons. The molecule has 1 atom stereocenters. The second-order valence-electron chi connectivity index (χ2n) is 6.02. The lowest BCUT2D eigenvalue weighted by Gasteiger charge is -2.34. The Balaban J connectivity index is 1.72. The summed E-state index contributed by atoms with van der Waals surface area (Å²) in [4.78, 5) is 27.8. The molecule has 0 aliphatic carbocycles. The van der Waals surface area contributed by atoms with Crippen molar-refractivity contribution in [2.45, 2.75) is 25.8 Å². The Hall–Kier alpha value is -1.60. The lowest BCUT2D eigenvalue weighted by atomic mass is 10.1. The standard InChI is InChI=1S/C17H24BrN3O3/c1-13(19)2-7-16(22)20-8-10-21(11-9-20)17(23)12-24-15-5-3-14(18)4-6-15/h3-6,13H,2,7-12,19H2,1H3. The van der Waals surface area contributed by atoms with Gasteiger partial charge in [0.05, 0.1) is 0 Å². The summed E-state index contributed by atoms with van der Waals surface area (Å²) in [6, 6.07) is 7.39. The van der Waals surface area contributed by atoms with Gasteiger partial charge in [0.25, 0.3) is 5.91 Å². The minimum absolute atomic E-state index is 0.0142.